The highest BCUT2D eigenvalue weighted by molar-refractivity contribution is 5.91. The van der Waals surface area contributed by atoms with Gasteiger partial charge >= 0.3 is 0 Å². The van der Waals surface area contributed by atoms with E-state index in [9.17, 15) is 9.59 Å². The van der Waals surface area contributed by atoms with Crippen molar-refractivity contribution in [2.45, 2.75) is 44.7 Å². The van der Waals surface area contributed by atoms with Crippen molar-refractivity contribution < 1.29 is 18.8 Å². The van der Waals surface area contributed by atoms with Crippen molar-refractivity contribution in [1.29, 1.82) is 0 Å². The van der Waals surface area contributed by atoms with Crippen molar-refractivity contribution >= 4 is 17.5 Å². The normalized spacial score (nSPS) is 15.9. The molecule has 2 amide bonds. The van der Waals surface area contributed by atoms with Crippen molar-refractivity contribution in [3.63, 3.8) is 0 Å². The molecule has 178 valence electrons. The van der Waals surface area contributed by atoms with E-state index in [0.717, 1.165) is 42.0 Å². The first kappa shape index (κ1) is 23.4. The number of nitrogens with two attached hydrogens (primary N) is 1. The molecule has 1 saturated heterocycles. The van der Waals surface area contributed by atoms with E-state index in [1.807, 2.05) is 48.5 Å². The fourth-order valence-electron chi connectivity index (χ4n) is 4.16. The topological polar surface area (TPSA) is 124 Å². The summed E-state index contributed by atoms with van der Waals surface area (Å²) >= 11 is 0. The van der Waals surface area contributed by atoms with Gasteiger partial charge in [-0.15, -0.1) is 0 Å². The SMILES string of the molecule is COc1ccc(-c2noc(CCCC(=O)Nc3ccccc3CN3CCCC3C(N)=O)n2)cc1. The van der Waals surface area contributed by atoms with E-state index in [1.54, 1.807) is 7.11 Å². The number of rotatable bonds is 10. The number of aromatic nitrogens is 2. The van der Waals surface area contributed by atoms with Gasteiger partial charge in [0.05, 0.1) is 13.2 Å². The number of likely N-dealkylation sites (tertiary alicyclic amines) is 1. The first-order valence-corrected chi connectivity index (χ1v) is 11.4. The number of amides is 2. The molecule has 34 heavy (non-hydrogen) atoms. The number of aryl methyl sites for hydroxylation is 1. The van der Waals surface area contributed by atoms with Crippen molar-refractivity contribution in [2.75, 3.05) is 19.0 Å². The summed E-state index contributed by atoms with van der Waals surface area (Å²) in [5.74, 6) is 1.37. The third kappa shape index (κ3) is 5.79. The van der Waals surface area contributed by atoms with E-state index in [0.29, 0.717) is 37.5 Å². The van der Waals surface area contributed by atoms with Gasteiger partial charge in [0, 0.05) is 30.6 Å². The van der Waals surface area contributed by atoms with Gasteiger partial charge in [-0.1, -0.05) is 23.4 Å². The Hall–Kier alpha value is -3.72. The highest BCUT2D eigenvalue weighted by atomic mass is 16.5. The number of anilines is 1. The van der Waals surface area contributed by atoms with Crippen molar-refractivity contribution in [3.05, 3.63) is 60.0 Å². The maximum atomic E-state index is 12.6. The Labute approximate surface area is 198 Å². The van der Waals surface area contributed by atoms with Crippen LogP contribution in [0.15, 0.2) is 53.1 Å². The number of ether oxygens (including phenoxy) is 1. The zero-order valence-corrected chi connectivity index (χ0v) is 19.2. The number of nitrogens with one attached hydrogen (secondary N) is 1. The molecule has 9 heteroatoms. The quantitative estimate of drug-likeness (QED) is 0.473. The number of primary amides is 1. The minimum Gasteiger partial charge on any atom is -0.497 e. The zero-order chi connectivity index (χ0) is 23.9. The molecule has 2 heterocycles. The van der Waals surface area contributed by atoms with Crippen LogP contribution in [0, 0.1) is 0 Å². The van der Waals surface area contributed by atoms with Crippen LogP contribution in [0.2, 0.25) is 0 Å². The molecular weight excluding hydrogens is 434 g/mol. The lowest BCUT2D eigenvalue weighted by Crippen LogP contribution is -2.39. The van der Waals surface area contributed by atoms with Gasteiger partial charge in [-0.2, -0.15) is 4.98 Å². The summed E-state index contributed by atoms with van der Waals surface area (Å²) < 4.78 is 10.5. The van der Waals surface area contributed by atoms with Crippen molar-refractivity contribution in [1.82, 2.24) is 15.0 Å². The van der Waals surface area contributed by atoms with Gasteiger partial charge < -0.3 is 20.3 Å². The molecule has 3 N–H and O–H groups in total. The number of nitrogens with zero attached hydrogens (tertiary/aromatic N) is 3. The number of carbonyl (C=O) groups is 2. The summed E-state index contributed by atoms with van der Waals surface area (Å²) in [5.41, 5.74) is 8.09. The number of hydrogen-bond acceptors (Lipinski definition) is 7. The van der Waals surface area contributed by atoms with E-state index in [2.05, 4.69) is 20.4 Å². The number of methoxy groups -OCH3 is 1. The van der Waals surface area contributed by atoms with E-state index < -0.39 is 0 Å². The smallest absolute Gasteiger partial charge is 0.234 e. The van der Waals surface area contributed by atoms with Gasteiger partial charge in [0.15, 0.2) is 0 Å². The molecule has 1 fully saturated rings. The molecular formula is C25H29N5O4. The number of benzene rings is 2. The van der Waals surface area contributed by atoms with Gasteiger partial charge in [-0.3, -0.25) is 14.5 Å². The van der Waals surface area contributed by atoms with Crippen molar-refractivity contribution in [2.24, 2.45) is 5.73 Å². The molecule has 0 saturated carbocycles. The number of carbonyl (C=O) groups excluding carboxylic acids is 2. The molecule has 9 nitrogen and oxygen atoms in total. The predicted molar refractivity (Wildman–Crippen MR) is 127 cm³/mol. The van der Waals surface area contributed by atoms with Crippen LogP contribution in [0.25, 0.3) is 11.4 Å². The fraction of sp³-hybridized carbons (Fsp3) is 0.360. The molecule has 0 spiro atoms. The second-order valence-corrected chi connectivity index (χ2v) is 8.33. The van der Waals surface area contributed by atoms with Crippen LogP contribution in [0.4, 0.5) is 5.69 Å². The first-order valence-electron chi connectivity index (χ1n) is 11.4. The molecule has 1 atom stereocenters. The number of hydrogen-bond donors (Lipinski definition) is 2. The van der Waals surface area contributed by atoms with Gasteiger partial charge in [0.1, 0.15) is 5.75 Å². The average molecular weight is 464 g/mol. The summed E-state index contributed by atoms with van der Waals surface area (Å²) in [6, 6.07) is 14.8. The zero-order valence-electron chi connectivity index (χ0n) is 19.2. The Morgan fingerprint density at radius 1 is 1.21 bits per heavy atom. The largest absolute Gasteiger partial charge is 0.497 e. The van der Waals surface area contributed by atoms with E-state index >= 15 is 0 Å². The lowest BCUT2D eigenvalue weighted by atomic mass is 10.1. The third-order valence-corrected chi connectivity index (χ3v) is 5.97. The molecule has 3 aromatic rings. The summed E-state index contributed by atoms with van der Waals surface area (Å²) in [6.45, 7) is 1.39. The van der Waals surface area contributed by atoms with Crippen LogP contribution in [-0.4, -0.2) is 46.6 Å². The minimum atomic E-state index is -0.296. The maximum absolute atomic E-state index is 12.6. The van der Waals surface area contributed by atoms with Crippen LogP contribution in [0.1, 0.15) is 37.1 Å². The Kier molecular flexibility index (Phi) is 7.54. The Morgan fingerprint density at radius 3 is 2.76 bits per heavy atom. The van der Waals surface area contributed by atoms with E-state index in [4.69, 9.17) is 15.0 Å². The molecule has 1 aliphatic rings. The molecule has 0 bridgehead atoms. The average Bonchev–Trinajstić information content (AvgIpc) is 3.50. The Morgan fingerprint density at radius 2 is 2.00 bits per heavy atom. The lowest BCUT2D eigenvalue weighted by Gasteiger charge is -2.23. The van der Waals surface area contributed by atoms with Crippen LogP contribution in [0.5, 0.6) is 5.75 Å². The van der Waals surface area contributed by atoms with Gasteiger partial charge in [-0.25, -0.2) is 0 Å². The first-order chi connectivity index (χ1) is 16.5. The third-order valence-electron chi connectivity index (χ3n) is 5.97. The summed E-state index contributed by atoms with van der Waals surface area (Å²) in [4.78, 5) is 30.8. The Balaban J connectivity index is 1.29. The summed E-state index contributed by atoms with van der Waals surface area (Å²) in [6.07, 6.45) is 3.13. The second kappa shape index (κ2) is 10.9. The maximum Gasteiger partial charge on any atom is 0.234 e. The standard InChI is InChI=1S/C25H29N5O4/c1-33-19-13-11-17(12-14-19)25-28-23(34-29-25)10-4-9-22(31)27-20-7-3-2-6-18(20)16-30-15-5-8-21(30)24(26)32/h2-3,6-7,11-14,21H,4-5,8-10,15-16H2,1H3,(H2,26,32)(H,27,31). The second-order valence-electron chi connectivity index (χ2n) is 8.33. The predicted octanol–water partition coefficient (Wildman–Crippen LogP) is 3.16. The number of para-hydroxylation sites is 1. The molecule has 0 aliphatic carbocycles. The lowest BCUT2D eigenvalue weighted by molar-refractivity contribution is -0.122. The molecule has 1 unspecified atom stereocenters. The van der Waals surface area contributed by atoms with Crippen LogP contribution < -0.4 is 15.8 Å². The van der Waals surface area contributed by atoms with Gasteiger partial charge in [0.2, 0.25) is 23.5 Å². The van der Waals surface area contributed by atoms with Crippen molar-refractivity contribution in [3.8, 4) is 17.1 Å². The van der Waals surface area contributed by atoms with Crippen LogP contribution >= 0.6 is 0 Å². The monoisotopic (exact) mass is 463 g/mol. The fourth-order valence-corrected chi connectivity index (χ4v) is 4.16. The van der Waals surface area contributed by atoms with Crippen LogP contribution in [0.3, 0.4) is 0 Å². The highest BCUT2D eigenvalue weighted by Gasteiger charge is 2.29. The van der Waals surface area contributed by atoms with E-state index in [1.165, 1.54) is 0 Å². The van der Waals surface area contributed by atoms with Crippen LogP contribution in [-0.2, 0) is 22.6 Å². The van der Waals surface area contributed by atoms with Gasteiger partial charge in [0.25, 0.3) is 0 Å². The summed E-state index contributed by atoms with van der Waals surface area (Å²) in [5, 5.41) is 7.02. The highest BCUT2D eigenvalue weighted by Crippen LogP contribution is 2.24. The molecule has 1 aromatic heterocycles. The van der Waals surface area contributed by atoms with Gasteiger partial charge in [-0.05, 0) is 61.7 Å². The Bertz CT molecular complexity index is 1130. The summed E-state index contributed by atoms with van der Waals surface area (Å²) in [7, 11) is 1.61. The minimum absolute atomic E-state index is 0.0878. The van der Waals surface area contributed by atoms with E-state index in [-0.39, 0.29) is 17.9 Å². The molecule has 0 radical (unpaired) electrons. The molecule has 1 aliphatic heterocycles. The molecule has 4 rings (SSSR count). The molecule has 2 aromatic carbocycles.